The standard InChI is InChI=1S/C33H44BN7O7S/c34-27-21-23(5-6-29(27)42)22-30(31(43)38-12-8-25(9-13-38)37-17-19-40(20-18-37)49(35,46)47)48-33(45)39-14-10-26(11-15-39)41-16-7-24-3-1-2-4-28(24)36-32(41)44/h1-6,21,25-26,30,42H,7-20,22H2,(H,36,44)(H2,35,46,47)/t30-/m1/s1. The topological polar surface area (TPSA) is 169 Å². The number of hydrogen-bond acceptors (Lipinski definition) is 8. The summed E-state index contributed by atoms with van der Waals surface area (Å²) in [7, 11) is 2.22. The highest BCUT2D eigenvalue weighted by Crippen LogP contribution is 2.26. The Morgan fingerprint density at radius 1 is 0.918 bits per heavy atom. The average Bonchev–Trinajstić information content (AvgIpc) is 3.27. The van der Waals surface area contributed by atoms with Gasteiger partial charge in [0.15, 0.2) is 6.10 Å². The lowest BCUT2D eigenvalue weighted by Gasteiger charge is -2.42. The zero-order valence-corrected chi connectivity index (χ0v) is 28.4. The summed E-state index contributed by atoms with van der Waals surface area (Å²) in [5.41, 5.74) is 2.74. The lowest BCUT2D eigenvalue weighted by molar-refractivity contribution is -0.142. The Morgan fingerprint density at radius 2 is 1.57 bits per heavy atom. The lowest BCUT2D eigenvalue weighted by Crippen LogP contribution is -2.56. The van der Waals surface area contributed by atoms with Gasteiger partial charge in [-0.15, -0.1) is 0 Å². The number of carbonyl (C=O) groups is 3. The number of ether oxygens (including phenoxy) is 1. The van der Waals surface area contributed by atoms with Crippen LogP contribution in [-0.4, -0.2) is 140 Å². The Balaban J connectivity index is 1.06. The van der Waals surface area contributed by atoms with E-state index < -0.39 is 22.4 Å². The maximum Gasteiger partial charge on any atom is 0.410 e. The molecule has 4 heterocycles. The minimum absolute atomic E-state index is 0.0280. The molecule has 2 aromatic rings. The number of phenols is 1. The fourth-order valence-corrected chi connectivity index (χ4v) is 8.07. The van der Waals surface area contributed by atoms with Crippen LogP contribution in [-0.2, 0) is 32.6 Å². The number of amides is 4. The number of piperidine rings is 2. The van der Waals surface area contributed by atoms with Gasteiger partial charge in [0.25, 0.3) is 16.1 Å². The number of fused-ring (bicyclic) bond motifs is 1. The van der Waals surface area contributed by atoms with Crippen LogP contribution in [0.4, 0.5) is 15.3 Å². The predicted octanol–water partition coefficient (Wildman–Crippen LogP) is 0.600. The largest absolute Gasteiger partial charge is 0.509 e. The van der Waals surface area contributed by atoms with E-state index in [1.165, 1.54) is 10.4 Å². The Kier molecular flexibility index (Phi) is 10.7. The van der Waals surface area contributed by atoms with Crippen molar-refractivity contribution < 1.29 is 32.6 Å². The van der Waals surface area contributed by atoms with Gasteiger partial charge in [-0.3, -0.25) is 9.69 Å². The summed E-state index contributed by atoms with van der Waals surface area (Å²) < 4.78 is 30.6. The number of urea groups is 1. The molecular weight excluding hydrogens is 649 g/mol. The number of hydrogen-bond donors (Lipinski definition) is 3. The summed E-state index contributed by atoms with van der Waals surface area (Å²) in [6.45, 7) is 4.12. The molecule has 3 saturated heterocycles. The molecule has 0 aromatic heterocycles. The monoisotopic (exact) mass is 693 g/mol. The lowest BCUT2D eigenvalue weighted by atomic mass is 9.91. The Bertz CT molecular complexity index is 1640. The number of nitrogens with two attached hydrogens (primary N) is 1. The third-order valence-electron chi connectivity index (χ3n) is 10.3. The molecule has 4 amide bonds. The molecule has 1 atom stereocenters. The third kappa shape index (κ3) is 8.31. The van der Waals surface area contributed by atoms with E-state index in [2.05, 4.69) is 10.2 Å². The van der Waals surface area contributed by atoms with Crippen LogP contribution in [0.1, 0.15) is 36.8 Å². The van der Waals surface area contributed by atoms with Gasteiger partial charge in [-0.25, -0.2) is 14.7 Å². The Labute approximate surface area is 288 Å². The number of carbonyl (C=O) groups excluding carboxylic acids is 3. The molecule has 0 spiro atoms. The highest BCUT2D eigenvalue weighted by molar-refractivity contribution is 7.86. The summed E-state index contributed by atoms with van der Waals surface area (Å²) in [6.07, 6.45) is 1.74. The normalized spacial score (nSPS) is 21.1. The molecule has 49 heavy (non-hydrogen) atoms. The smallest absolute Gasteiger partial charge is 0.410 e. The van der Waals surface area contributed by atoms with Crippen molar-refractivity contribution in [2.75, 3.05) is 64.2 Å². The van der Waals surface area contributed by atoms with Crippen molar-refractivity contribution in [3.8, 4) is 5.75 Å². The zero-order chi connectivity index (χ0) is 34.7. The Hall–Kier alpha value is -3.86. The van der Waals surface area contributed by atoms with Crippen molar-refractivity contribution in [2.24, 2.45) is 5.14 Å². The van der Waals surface area contributed by atoms with Crippen LogP contribution in [0.5, 0.6) is 5.75 Å². The number of likely N-dealkylation sites (tertiary alicyclic amines) is 2. The van der Waals surface area contributed by atoms with Gasteiger partial charge in [0.05, 0.1) is 0 Å². The molecule has 14 nitrogen and oxygen atoms in total. The van der Waals surface area contributed by atoms with E-state index in [4.69, 9.17) is 17.7 Å². The molecule has 4 aliphatic heterocycles. The second-order valence-electron chi connectivity index (χ2n) is 13.3. The molecule has 0 aliphatic carbocycles. The molecule has 0 bridgehead atoms. The fourth-order valence-electron chi connectivity index (χ4n) is 7.40. The minimum Gasteiger partial charge on any atom is -0.509 e. The number of benzene rings is 2. The van der Waals surface area contributed by atoms with Crippen LogP contribution >= 0.6 is 0 Å². The summed E-state index contributed by atoms with van der Waals surface area (Å²) >= 11 is 0. The number of piperazine rings is 1. The second kappa shape index (κ2) is 14.9. The van der Waals surface area contributed by atoms with Gasteiger partial charge in [0, 0.05) is 83.1 Å². The first-order valence-corrected chi connectivity index (χ1v) is 18.5. The SMILES string of the molecule is [B]c1cc(C[C@@H](OC(=O)N2CCC(N3CCc4ccccc4NC3=O)CC2)C(=O)N2CCC(N3CCN(S(N)(=O)=O)CC3)CC2)ccc1O. The number of anilines is 1. The molecule has 262 valence electrons. The molecule has 16 heteroatoms. The van der Waals surface area contributed by atoms with Gasteiger partial charge < -0.3 is 29.9 Å². The van der Waals surface area contributed by atoms with Crippen LogP contribution in [0.15, 0.2) is 42.5 Å². The number of aromatic hydroxyl groups is 1. The van der Waals surface area contributed by atoms with E-state index in [-0.39, 0.29) is 41.7 Å². The van der Waals surface area contributed by atoms with Crippen molar-refractivity contribution in [3.05, 3.63) is 53.6 Å². The molecule has 4 aliphatic rings. The average molecular weight is 694 g/mol. The zero-order valence-electron chi connectivity index (χ0n) is 27.6. The van der Waals surface area contributed by atoms with E-state index in [0.717, 1.165) is 17.7 Å². The van der Waals surface area contributed by atoms with Gasteiger partial charge in [-0.2, -0.15) is 12.7 Å². The van der Waals surface area contributed by atoms with Gasteiger partial charge >= 0.3 is 12.1 Å². The van der Waals surface area contributed by atoms with Crippen molar-refractivity contribution >= 4 is 47.2 Å². The number of para-hydroxylation sites is 1. The van der Waals surface area contributed by atoms with Crippen molar-refractivity contribution in [1.29, 1.82) is 0 Å². The van der Waals surface area contributed by atoms with Crippen molar-refractivity contribution in [1.82, 2.24) is 23.9 Å². The van der Waals surface area contributed by atoms with Crippen molar-refractivity contribution in [2.45, 2.75) is 56.7 Å². The quantitative estimate of drug-likeness (QED) is 0.355. The van der Waals surface area contributed by atoms with Crippen LogP contribution in [0.25, 0.3) is 0 Å². The van der Waals surface area contributed by atoms with Gasteiger partial charge in [-0.05, 0) is 55.4 Å². The third-order valence-corrected chi connectivity index (χ3v) is 11.3. The van der Waals surface area contributed by atoms with Crippen LogP contribution in [0, 0.1) is 0 Å². The highest BCUT2D eigenvalue weighted by atomic mass is 32.2. The van der Waals surface area contributed by atoms with E-state index in [1.54, 1.807) is 21.9 Å². The number of nitrogens with one attached hydrogen (secondary N) is 1. The van der Waals surface area contributed by atoms with E-state index in [0.29, 0.717) is 90.1 Å². The number of phenolic OH excluding ortho intramolecular Hbond substituents is 1. The molecule has 0 unspecified atom stereocenters. The summed E-state index contributed by atoms with van der Waals surface area (Å²) in [5, 5.41) is 18.2. The molecule has 2 radical (unpaired) electrons. The molecule has 0 saturated carbocycles. The second-order valence-corrected chi connectivity index (χ2v) is 14.8. The first-order chi connectivity index (χ1) is 23.5. The first-order valence-electron chi connectivity index (χ1n) is 17.0. The summed E-state index contributed by atoms with van der Waals surface area (Å²) in [4.78, 5) is 47.9. The summed E-state index contributed by atoms with van der Waals surface area (Å²) in [5.74, 6) is -0.367. The molecule has 2 aromatic carbocycles. The molecule has 6 rings (SSSR count). The van der Waals surface area contributed by atoms with Crippen LogP contribution in [0.2, 0.25) is 0 Å². The molecule has 4 N–H and O–H groups in total. The van der Waals surface area contributed by atoms with Gasteiger partial charge in [-0.1, -0.05) is 35.8 Å². The Morgan fingerprint density at radius 3 is 2.24 bits per heavy atom. The van der Waals surface area contributed by atoms with Gasteiger partial charge in [0.2, 0.25) is 0 Å². The molecular formula is C33H44BN7O7S. The van der Waals surface area contributed by atoms with Crippen LogP contribution in [0.3, 0.4) is 0 Å². The fraction of sp³-hybridized carbons (Fsp3) is 0.545. The van der Waals surface area contributed by atoms with E-state index >= 15 is 0 Å². The van der Waals surface area contributed by atoms with E-state index in [9.17, 15) is 27.9 Å². The first kappa shape index (κ1) is 35.0. The maximum atomic E-state index is 13.9. The number of nitrogens with zero attached hydrogens (tertiary/aromatic N) is 5. The predicted molar refractivity (Wildman–Crippen MR) is 184 cm³/mol. The van der Waals surface area contributed by atoms with Crippen LogP contribution < -0.4 is 15.9 Å². The number of rotatable bonds is 7. The summed E-state index contributed by atoms with van der Waals surface area (Å²) in [6, 6.07) is 12.5. The highest BCUT2D eigenvalue weighted by Gasteiger charge is 2.37. The van der Waals surface area contributed by atoms with Crippen molar-refractivity contribution in [3.63, 3.8) is 0 Å². The minimum atomic E-state index is -3.71. The maximum absolute atomic E-state index is 13.9. The van der Waals surface area contributed by atoms with E-state index in [1.807, 2.05) is 29.2 Å². The molecule has 3 fully saturated rings. The van der Waals surface area contributed by atoms with Gasteiger partial charge in [0.1, 0.15) is 13.6 Å².